The fourth-order valence-electron chi connectivity index (χ4n) is 2.32. The number of amides is 1. The van der Waals surface area contributed by atoms with Gasteiger partial charge in [-0.1, -0.05) is 0 Å². The van der Waals surface area contributed by atoms with Crippen LogP contribution in [0.2, 0.25) is 0 Å². The third kappa shape index (κ3) is 3.71. The van der Waals surface area contributed by atoms with Gasteiger partial charge in [0.15, 0.2) is 0 Å². The average molecular weight is 270 g/mol. The predicted molar refractivity (Wildman–Crippen MR) is 66.7 cm³/mol. The molecule has 2 N–H and O–H groups in total. The smallest absolute Gasteiger partial charge is 0.238 e. The molecule has 6 heteroatoms. The molecule has 0 aliphatic carbocycles. The molecule has 1 heterocycles. The van der Waals surface area contributed by atoms with Gasteiger partial charge >= 0.3 is 0 Å². The van der Waals surface area contributed by atoms with Gasteiger partial charge in [-0.2, -0.15) is 0 Å². The van der Waals surface area contributed by atoms with Crippen molar-refractivity contribution in [2.45, 2.75) is 18.9 Å². The number of nitrogens with zero attached hydrogens (tertiary/aromatic N) is 1. The van der Waals surface area contributed by atoms with Crippen LogP contribution in [0, 0.1) is 11.6 Å². The van der Waals surface area contributed by atoms with E-state index in [1.165, 1.54) is 0 Å². The minimum absolute atomic E-state index is 0.00463. The molecule has 1 aromatic carbocycles. The van der Waals surface area contributed by atoms with E-state index in [2.05, 4.69) is 5.32 Å². The van der Waals surface area contributed by atoms with Gasteiger partial charge in [-0.25, -0.2) is 8.78 Å². The molecule has 1 aromatic rings. The highest BCUT2D eigenvalue weighted by atomic mass is 19.1. The Hall–Kier alpha value is -1.53. The van der Waals surface area contributed by atoms with Crippen LogP contribution in [0.4, 0.5) is 14.5 Å². The summed E-state index contributed by atoms with van der Waals surface area (Å²) < 4.78 is 25.9. The van der Waals surface area contributed by atoms with Gasteiger partial charge < -0.3 is 10.4 Å². The maximum atomic E-state index is 13.0. The van der Waals surface area contributed by atoms with Crippen molar-refractivity contribution in [3.05, 3.63) is 29.8 Å². The second kappa shape index (κ2) is 6.08. The Morgan fingerprint density at radius 1 is 1.37 bits per heavy atom. The molecule has 1 saturated heterocycles. The summed E-state index contributed by atoms with van der Waals surface area (Å²) in [4.78, 5) is 13.6. The van der Waals surface area contributed by atoms with E-state index in [1.54, 1.807) is 0 Å². The minimum Gasteiger partial charge on any atom is -0.395 e. The third-order valence-electron chi connectivity index (χ3n) is 3.20. The third-order valence-corrected chi connectivity index (χ3v) is 3.20. The van der Waals surface area contributed by atoms with Crippen LogP contribution in [0.5, 0.6) is 0 Å². The molecule has 0 aromatic heterocycles. The van der Waals surface area contributed by atoms with Gasteiger partial charge in [0.2, 0.25) is 5.91 Å². The number of aliphatic hydroxyl groups excluding tert-OH is 1. The first-order valence-electron chi connectivity index (χ1n) is 6.19. The number of benzene rings is 1. The van der Waals surface area contributed by atoms with Crippen molar-refractivity contribution in [1.29, 1.82) is 0 Å². The molecule has 1 fully saturated rings. The van der Waals surface area contributed by atoms with Crippen molar-refractivity contribution in [1.82, 2.24) is 4.90 Å². The Morgan fingerprint density at radius 2 is 2.05 bits per heavy atom. The number of hydrogen-bond acceptors (Lipinski definition) is 3. The van der Waals surface area contributed by atoms with Gasteiger partial charge in [-0.3, -0.25) is 9.69 Å². The van der Waals surface area contributed by atoms with Gasteiger partial charge in [-0.15, -0.1) is 0 Å². The predicted octanol–water partition coefficient (Wildman–Crippen LogP) is 1.36. The van der Waals surface area contributed by atoms with Crippen molar-refractivity contribution in [3.63, 3.8) is 0 Å². The van der Waals surface area contributed by atoms with E-state index in [4.69, 9.17) is 5.11 Å². The van der Waals surface area contributed by atoms with Crippen molar-refractivity contribution in [3.8, 4) is 0 Å². The zero-order chi connectivity index (χ0) is 13.8. The van der Waals surface area contributed by atoms with Crippen molar-refractivity contribution < 1.29 is 18.7 Å². The molecule has 1 aliphatic heterocycles. The second-order valence-corrected chi connectivity index (χ2v) is 4.66. The maximum absolute atomic E-state index is 13.0. The average Bonchev–Trinajstić information content (AvgIpc) is 2.74. The molecule has 104 valence electrons. The Kier molecular flexibility index (Phi) is 4.44. The molecule has 1 amide bonds. The summed E-state index contributed by atoms with van der Waals surface area (Å²) in [6.07, 6.45) is 1.80. The van der Waals surface area contributed by atoms with Crippen LogP contribution >= 0.6 is 0 Å². The standard InChI is InChI=1S/C13H16F2N2O2/c14-9-4-10(15)6-11(5-9)16-13(19)7-17-3-1-2-12(17)8-18/h4-6,12,18H,1-3,7-8H2,(H,16,19)/t12-/m0/s1. The molecule has 1 atom stereocenters. The lowest BCUT2D eigenvalue weighted by molar-refractivity contribution is -0.117. The van der Waals surface area contributed by atoms with E-state index in [0.717, 1.165) is 37.6 Å². The summed E-state index contributed by atoms with van der Waals surface area (Å²) >= 11 is 0. The van der Waals surface area contributed by atoms with E-state index >= 15 is 0 Å². The highest BCUT2D eigenvalue weighted by molar-refractivity contribution is 5.92. The molecule has 0 radical (unpaired) electrons. The summed E-state index contributed by atoms with van der Waals surface area (Å²) in [6.45, 7) is 0.876. The monoisotopic (exact) mass is 270 g/mol. The second-order valence-electron chi connectivity index (χ2n) is 4.66. The normalized spacial score (nSPS) is 19.6. The number of rotatable bonds is 4. The van der Waals surface area contributed by atoms with Gasteiger partial charge in [0, 0.05) is 17.8 Å². The first-order valence-corrected chi connectivity index (χ1v) is 6.19. The largest absolute Gasteiger partial charge is 0.395 e. The van der Waals surface area contributed by atoms with Crippen molar-refractivity contribution in [2.75, 3.05) is 25.0 Å². The van der Waals surface area contributed by atoms with E-state index in [-0.39, 0.29) is 30.8 Å². The van der Waals surface area contributed by atoms with Gasteiger partial charge in [-0.05, 0) is 31.5 Å². The van der Waals surface area contributed by atoms with Crippen LogP contribution in [0.15, 0.2) is 18.2 Å². The molecular weight excluding hydrogens is 254 g/mol. The number of halogens is 2. The lowest BCUT2D eigenvalue weighted by atomic mass is 10.2. The lowest BCUT2D eigenvalue weighted by Crippen LogP contribution is -2.38. The molecule has 0 unspecified atom stereocenters. The van der Waals surface area contributed by atoms with Crippen LogP contribution in [0.25, 0.3) is 0 Å². The number of anilines is 1. The highest BCUT2D eigenvalue weighted by Crippen LogP contribution is 2.17. The quantitative estimate of drug-likeness (QED) is 0.868. The number of carbonyl (C=O) groups excluding carboxylic acids is 1. The number of carbonyl (C=O) groups is 1. The zero-order valence-corrected chi connectivity index (χ0v) is 10.4. The van der Waals surface area contributed by atoms with Crippen LogP contribution in [-0.2, 0) is 4.79 Å². The number of hydrogen-bond donors (Lipinski definition) is 2. The van der Waals surface area contributed by atoms with Crippen LogP contribution in [0.1, 0.15) is 12.8 Å². The fraction of sp³-hybridized carbons (Fsp3) is 0.462. The van der Waals surface area contributed by atoms with Crippen LogP contribution < -0.4 is 5.32 Å². The zero-order valence-electron chi connectivity index (χ0n) is 10.4. The summed E-state index contributed by atoms with van der Waals surface area (Å²) in [5.74, 6) is -1.81. The van der Waals surface area contributed by atoms with Gasteiger partial charge in [0.1, 0.15) is 11.6 Å². The molecule has 1 aliphatic rings. The molecule has 0 bridgehead atoms. The molecule has 19 heavy (non-hydrogen) atoms. The molecule has 0 saturated carbocycles. The Morgan fingerprint density at radius 3 is 2.68 bits per heavy atom. The summed E-state index contributed by atoms with van der Waals surface area (Å²) in [5.41, 5.74) is 0.0993. The van der Waals surface area contributed by atoms with Gasteiger partial charge in [0.25, 0.3) is 0 Å². The molecule has 2 rings (SSSR count). The van der Waals surface area contributed by atoms with Crippen LogP contribution in [-0.4, -0.2) is 41.7 Å². The number of aliphatic hydroxyl groups is 1. The van der Waals surface area contributed by atoms with Crippen LogP contribution in [0.3, 0.4) is 0 Å². The van der Waals surface area contributed by atoms with E-state index in [1.807, 2.05) is 4.90 Å². The Bertz CT molecular complexity index is 448. The van der Waals surface area contributed by atoms with E-state index in [9.17, 15) is 13.6 Å². The molecule has 4 nitrogen and oxygen atoms in total. The summed E-state index contributed by atoms with van der Waals surface area (Å²) in [7, 11) is 0. The van der Waals surface area contributed by atoms with Crippen molar-refractivity contribution >= 4 is 11.6 Å². The highest BCUT2D eigenvalue weighted by Gasteiger charge is 2.25. The van der Waals surface area contributed by atoms with E-state index < -0.39 is 11.6 Å². The summed E-state index contributed by atoms with van der Waals surface area (Å²) in [6, 6.07) is 2.87. The Labute approximate surface area is 110 Å². The maximum Gasteiger partial charge on any atom is 0.238 e. The minimum atomic E-state index is -0.732. The number of likely N-dealkylation sites (tertiary alicyclic amines) is 1. The first kappa shape index (κ1) is 13.9. The van der Waals surface area contributed by atoms with E-state index in [0.29, 0.717) is 0 Å². The lowest BCUT2D eigenvalue weighted by Gasteiger charge is -2.21. The fourth-order valence-corrected chi connectivity index (χ4v) is 2.32. The Balaban J connectivity index is 1.93. The topological polar surface area (TPSA) is 52.6 Å². The summed E-state index contributed by atoms with van der Waals surface area (Å²) in [5, 5.41) is 11.6. The van der Waals surface area contributed by atoms with Crippen molar-refractivity contribution in [2.24, 2.45) is 0 Å². The molecule has 0 spiro atoms. The number of nitrogens with one attached hydrogen (secondary N) is 1. The first-order chi connectivity index (χ1) is 9.08. The van der Waals surface area contributed by atoms with Gasteiger partial charge in [0.05, 0.1) is 13.2 Å². The molecular formula is C13H16F2N2O2. The SMILES string of the molecule is O=C(CN1CCC[C@H]1CO)Nc1cc(F)cc(F)c1.